The monoisotopic (exact) mass is 325 g/mol. The van der Waals surface area contributed by atoms with Crippen LogP contribution in [0.15, 0.2) is 59.9 Å². The van der Waals surface area contributed by atoms with Crippen molar-refractivity contribution in [3.05, 3.63) is 66.8 Å². The maximum atomic E-state index is 12.3. The first-order valence-electron chi connectivity index (χ1n) is 7.57. The molecule has 0 aliphatic rings. The molecule has 3 rings (SSSR count). The Morgan fingerprint density at radius 3 is 2.83 bits per heavy atom. The van der Waals surface area contributed by atoms with Gasteiger partial charge in [0.25, 0.3) is 5.91 Å². The average Bonchev–Trinajstić information content (AvgIpc) is 3.28. The predicted molar refractivity (Wildman–Crippen MR) is 88.8 cm³/mol. The highest BCUT2D eigenvalue weighted by atomic mass is 16.3. The van der Waals surface area contributed by atoms with Crippen molar-refractivity contribution in [3.8, 4) is 5.82 Å². The van der Waals surface area contributed by atoms with Crippen LogP contribution in [-0.4, -0.2) is 46.0 Å². The van der Waals surface area contributed by atoms with Crippen LogP contribution in [0.2, 0.25) is 0 Å². The molecular formula is C17H19N5O2. The zero-order valence-corrected chi connectivity index (χ0v) is 13.6. The van der Waals surface area contributed by atoms with E-state index in [9.17, 15) is 4.79 Å². The molecular weight excluding hydrogens is 306 g/mol. The molecule has 24 heavy (non-hydrogen) atoms. The molecule has 3 aromatic heterocycles. The summed E-state index contributed by atoms with van der Waals surface area (Å²) in [6.07, 6.45) is 8.33. The van der Waals surface area contributed by atoms with E-state index in [4.69, 9.17) is 4.42 Å². The molecule has 1 N–H and O–H groups in total. The van der Waals surface area contributed by atoms with Crippen molar-refractivity contribution in [1.82, 2.24) is 24.8 Å². The summed E-state index contributed by atoms with van der Waals surface area (Å²) in [5, 5.41) is 2.92. The molecule has 3 heterocycles. The van der Waals surface area contributed by atoms with E-state index >= 15 is 0 Å². The summed E-state index contributed by atoms with van der Waals surface area (Å²) < 4.78 is 7.22. The molecule has 7 heteroatoms. The molecule has 3 aromatic rings. The van der Waals surface area contributed by atoms with E-state index in [-0.39, 0.29) is 11.9 Å². The highest BCUT2D eigenvalue weighted by Crippen LogP contribution is 2.17. The lowest BCUT2D eigenvalue weighted by atomic mass is 10.2. The largest absolute Gasteiger partial charge is 0.468 e. The van der Waals surface area contributed by atoms with Crippen LogP contribution in [0.3, 0.4) is 0 Å². The summed E-state index contributed by atoms with van der Waals surface area (Å²) in [6.45, 7) is 0.447. The number of likely N-dealkylation sites (N-methyl/N-ethyl adjacent to an activating group) is 1. The van der Waals surface area contributed by atoms with Gasteiger partial charge in [-0.15, -0.1) is 0 Å². The van der Waals surface area contributed by atoms with E-state index in [0.717, 1.165) is 5.76 Å². The van der Waals surface area contributed by atoms with Gasteiger partial charge in [0.15, 0.2) is 0 Å². The number of nitrogens with zero attached hydrogens (tertiary/aromatic N) is 4. The predicted octanol–water partition coefficient (Wildman–Crippen LogP) is 1.89. The van der Waals surface area contributed by atoms with Crippen molar-refractivity contribution < 1.29 is 9.21 Å². The third kappa shape index (κ3) is 3.52. The molecule has 0 aliphatic carbocycles. The van der Waals surface area contributed by atoms with Gasteiger partial charge in [0, 0.05) is 25.1 Å². The highest BCUT2D eigenvalue weighted by Gasteiger charge is 2.18. The molecule has 0 unspecified atom stereocenters. The quantitative estimate of drug-likeness (QED) is 0.749. The summed E-state index contributed by atoms with van der Waals surface area (Å²) in [6, 6.07) is 7.24. The Labute approximate surface area is 139 Å². The number of aromatic nitrogens is 3. The van der Waals surface area contributed by atoms with Crippen molar-refractivity contribution in [3.63, 3.8) is 0 Å². The smallest absolute Gasteiger partial charge is 0.252 e. The van der Waals surface area contributed by atoms with Gasteiger partial charge in [-0.3, -0.25) is 14.3 Å². The molecule has 0 spiro atoms. The molecule has 0 aliphatic heterocycles. The Morgan fingerprint density at radius 2 is 2.25 bits per heavy atom. The second-order valence-electron chi connectivity index (χ2n) is 5.58. The standard InChI is InChI=1S/C17H19N5O2/c1-21(2)14(15-4-3-9-24-15)11-20-17(23)13-5-6-16(19-10-13)22-8-7-18-12-22/h3-10,12,14H,11H2,1-2H3,(H,20,23)/t14-/m0/s1. The number of nitrogens with one attached hydrogen (secondary N) is 1. The number of rotatable bonds is 6. The summed E-state index contributed by atoms with van der Waals surface area (Å²) >= 11 is 0. The van der Waals surface area contributed by atoms with Gasteiger partial charge >= 0.3 is 0 Å². The number of hydrogen-bond acceptors (Lipinski definition) is 5. The van der Waals surface area contributed by atoms with Gasteiger partial charge in [-0.05, 0) is 38.4 Å². The number of pyridine rings is 1. The molecule has 0 saturated carbocycles. The lowest BCUT2D eigenvalue weighted by molar-refractivity contribution is 0.0938. The fourth-order valence-electron chi connectivity index (χ4n) is 2.38. The Balaban J connectivity index is 1.64. The van der Waals surface area contributed by atoms with Crippen molar-refractivity contribution >= 4 is 5.91 Å². The van der Waals surface area contributed by atoms with Gasteiger partial charge in [0.1, 0.15) is 17.9 Å². The second-order valence-corrected chi connectivity index (χ2v) is 5.58. The van der Waals surface area contributed by atoms with Crippen LogP contribution < -0.4 is 5.32 Å². The van der Waals surface area contributed by atoms with E-state index in [1.54, 1.807) is 47.9 Å². The van der Waals surface area contributed by atoms with Gasteiger partial charge in [0.2, 0.25) is 0 Å². The van der Waals surface area contributed by atoms with Crippen LogP contribution in [0, 0.1) is 0 Å². The lowest BCUT2D eigenvalue weighted by Crippen LogP contribution is -2.34. The Hall–Kier alpha value is -2.93. The van der Waals surface area contributed by atoms with Crippen LogP contribution in [0.25, 0.3) is 5.82 Å². The van der Waals surface area contributed by atoms with Gasteiger partial charge < -0.3 is 9.73 Å². The Kier molecular flexibility index (Phi) is 4.72. The first kappa shape index (κ1) is 15.9. The van der Waals surface area contributed by atoms with E-state index in [1.807, 2.05) is 31.1 Å². The maximum Gasteiger partial charge on any atom is 0.252 e. The third-order valence-electron chi connectivity index (χ3n) is 3.73. The van der Waals surface area contributed by atoms with Gasteiger partial charge in [0.05, 0.1) is 17.9 Å². The minimum absolute atomic E-state index is 0.0258. The molecule has 7 nitrogen and oxygen atoms in total. The molecule has 0 radical (unpaired) electrons. The number of carbonyl (C=O) groups is 1. The fourth-order valence-corrected chi connectivity index (χ4v) is 2.38. The van der Waals surface area contributed by atoms with Crippen LogP contribution in [0.1, 0.15) is 22.2 Å². The number of hydrogen-bond donors (Lipinski definition) is 1. The van der Waals surface area contributed by atoms with Crippen LogP contribution >= 0.6 is 0 Å². The number of imidazole rings is 1. The zero-order chi connectivity index (χ0) is 16.9. The van der Waals surface area contributed by atoms with E-state index < -0.39 is 0 Å². The first-order valence-corrected chi connectivity index (χ1v) is 7.57. The Bertz CT molecular complexity index is 764. The molecule has 0 fully saturated rings. The van der Waals surface area contributed by atoms with Crippen molar-refractivity contribution in [2.45, 2.75) is 6.04 Å². The van der Waals surface area contributed by atoms with Crippen LogP contribution in [0.5, 0.6) is 0 Å². The maximum absolute atomic E-state index is 12.3. The van der Waals surface area contributed by atoms with E-state index in [2.05, 4.69) is 15.3 Å². The van der Waals surface area contributed by atoms with Gasteiger partial charge in [-0.2, -0.15) is 0 Å². The Morgan fingerprint density at radius 1 is 1.38 bits per heavy atom. The average molecular weight is 325 g/mol. The minimum Gasteiger partial charge on any atom is -0.468 e. The van der Waals surface area contributed by atoms with Crippen molar-refractivity contribution in [2.75, 3.05) is 20.6 Å². The van der Waals surface area contributed by atoms with Crippen LogP contribution in [0.4, 0.5) is 0 Å². The van der Waals surface area contributed by atoms with Crippen molar-refractivity contribution in [2.24, 2.45) is 0 Å². The topological polar surface area (TPSA) is 76.2 Å². The minimum atomic E-state index is -0.168. The summed E-state index contributed by atoms with van der Waals surface area (Å²) in [4.78, 5) is 22.6. The highest BCUT2D eigenvalue weighted by molar-refractivity contribution is 5.93. The molecule has 0 saturated heterocycles. The van der Waals surface area contributed by atoms with Crippen LogP contribution in [-0.2, 0) is 0 Å². The third-order valence-corrected chi connectivity index (χ3v) is 3.73. The fraction of sp³-hybridized carbons (Fsp3) is 0.235. The number of carbonyl (C=O) groups excluding carboxylic acids is 1. The molecule has 0 bridgehead atoms. The first-order chi connectivity index (χ1) is 11.6. The van der Waals surface area contributed by atoms with Gasteiger partial charge in [-0.25, -0.2) is 9.97 Å². The summed E-state index contributed by atoms with van der Waals surface area (Å²) in [5.41, 5.74) is 0.510. The SMILES string of the molecule is CN(C)[C@@H](CNC(=O)c1ccc(-n2ccnc2)nc1)c1ccco1. The molecule has 124 valence electrons. The normalized spacial score (nSPS) is 12.3. The second kappa shape index (κ2) is 7.10. The number of furan rings is 1. The summed E-state index contributed by atoms with van der Waals surface area (Å²) in [5.74, 6) is 1.36. The zero-order valence-electron chi connectivity index (χ0n) is 13.6. The van der Waals surface area contributed by atoms with Gasteiger partial charge in [-0.1, -0.05) is 0 Å². The van der Waals surface area contributed by atoms with E-state index in [0.29, 0.717) is 17.9 Å². The number of amides is 1. The lowest BCUT2D eigenvalue weighted by Gasteiger charge is -2.22. The molecule has 1 amide bonds. The summed E-state index contributed by atoms with van der Waals surface area (Å²) in [7, 11) is 3.89. The molecule has 0 aromatic carbocycles. The molecule has 1 atom stereocenters. The van der Waals surface area contributed by atoms with E-state index in [1.165, 1.54) is 0 Å². The van der Waals surface area contributed by atoms with Crippen molar-refractivity contribution in [1.29, 1.82) is 0 Å².